The molecular formula is C52H58N8O8S. The molecule has 5 N–H and O–H groups in total. The zero-order valence-corrected chi connectivity index (χ0v) is 39.6. The second-order valence-corrected chi connectivity index (χ2v) is 20.5. The Labute approximate surface area is 401 Å². The fourth-order valence-corrected chi connectivity index (χ4v) is 11.2. The van der Waals surface area contributed by atoms with Crippen molar-refractivity contribution in [2.45, 2.75) is 80.7 Å². The largest absolute Gasteiger partial charge is 0.455 e. The number of pyridine rings is 1. The summed E-state index contributed by atoms with van der Waals surface area (Å²) in [5.41, 5.74) is 4.87. The van der Waals surface area contributed by atoms with E-state index in [1.54, 1.807) is 38.4 Å². The van der Waals surface area contributed by atoms with Crippen LogP contribution >= 0.6 is 0 Å². The Kier molecular flexibility index (Phi) is 13.7. The van der Waals surface area contributed by atoms with Gasteiger partial charge in [-0.1, -0.05) is 42.5 Å². The number of ether oxygens (including phenoxy) is 1. The molecule has 4 aromatic carbocycles. The van der Waals surface area contributed by atoms with Gasteiger partial charge in [0.05, 0.1) is 39.8 Å². The lowest BCUT2D eigenvalue weighted by molar-refractivity contribution is -0.384. The summed E-state index contributed by atoms with van der Waals surface area (Å²) in [5.74, 6) is 0.106. The van der Waals surface area contributed by atoms with Crippen LogP contribution < -0.4 is 25.0 Å². The molecule has 4 heterocycles. The number of carbonyl (C=O) groups is 2. The zero-order valence-electron chi connectivity index (χ0n) is 38.8. The van der Waals surface area contributed by atoms with Crippen molar-refractivity contribution in [1.29, 1.82) is 0 Å². The van der Waals surface area contributed by atoms with Crippen molar-refractivity contribution in [3.05, 3.63) is 136 Å². The number of hydrogen-bond acceptors (Lipinski definition) is 12. The van der Waals surface area contributed by atoms with Crippen LogP contribution in [0.25, 0.3) is 22.2 Å². The number of aliphatic hydroxyl groups is 1. The number of nitro benzene ring substituents is 1. The van der Waals surface area contributed by atoms with E-state index >= 15 is 0 Å². The van der Waals surface area contributed by atoms with Gasteiger partial charge in [0.25, 0.3) is 21.6 Å². The van der Waals surface area contributed by atoms with Crippen LogP contribution in [0.15, 0.2) is 114 Å². The van der Waals surface area contributed by atoms with Gasteiger partial charge in [-0.05, 0) is 148 Å². The number of piperidine rings is 1. The first-order chi connectivity index (χ1) is 33.2. The van der Waals surface area contributed by atoms with Gasteiger partial charge in [0.1, 0.15) is 22.8 Å². The monoisotopic (exact) mass is 954 g/mol. The molecule has 0 bridgehead atoms. The Morgan fingerprint density at radius 1 is 0.913 bits per heavy atom. The molecule has 3 fully saturated rings. The molecule has 0 spiro atoms. The quantitative estimate of drug-likeness (QED) is 0.0484. The average Bonchev–Trinajstić information content (AvgIpc) is 4.04. The number of amides is 2. The fraction of sp³-hybridized carbons (Fsp3) is 0.365. The number of H-pyrrole nitrogens is 1. The molecule has 3 aliphatic rings. The van der Waals surface area contributed by atoms with E-state index in [9.17, 15) is 33.2 Å². The highest BCUT2D eigenvalue weighted by molar-refractivity contribution is 7.90. The number of likely N-dealkylation sites (N-methyl/N-ethyl adjacent to an activating group) is 1. The van der Waals surface area contributed by atoms with E-state index in [4.69, 9.17) is 4.74 Å². The number of hydrogen-bond donors (Lipinski definition) is 5. The third kappa shape index (κ3) is 10.6. The summed E-state index contributed by atoms with van der Waals surface area (Å²) in [7, 11) is -2.81. The predicted octanol–water partition coefficient (Wildman–Crippen LogP) is 8.67. The van der Waals surface area contributed by atoms with Crippen LogP contribution in [0.2, 0.25) is 0 Å². The van der Waals surface area contributed by atoms with Gasteiger partial charge in [-0.2, -0.15) is 0 Å². The first-order valence-electron chi connectivity index (χ1n) is 23.7. The van der Waals surface area contributed by atoms with Crippen molar-refractivity contribution in [2.24, 2.45) is 5.92 Å². The maximum absolute atomic E-state index is 14.0. The SMILES string of the molecule is CNCC(=O)N1CCC(c2ccccc2[C@H]2CCCN2c2ccc(-c3ccc(C(=O)NS(=O)(=O)c4ccc(NCC5CCC(C)(O)CC5)c([N+](=O)[O-])c4)c(Oc4cnc5[nH]ccc5c4)c3)cc2)CC1. The molecule has 1 atom stereocenters. The van der Waals surface area contributed by atoms with Crippen LogP contribution in [0.5, 0.6) is 11.5 Å². The fourth-order valence-electron chi connectivity index (χ4n) is 10.2. The second-order valence-electron chi connectivity index (χ2n) is 18.8. The number of benzene rings is 4. The number of anilines is 2. The van der Waals surface area contributed by atoms with E-state index in [1.807, 2.05) is 23.1 Å². The van der Waals surface area contributed by atoms with Gasteiger partial charge in [0.15, 0.2) is 0 Å². The number of aromatic nitrogens is 2. The molecule has 1 aliphatic carbocycles. The number of nitrogens with one attached hydrogen (secondary N) is 4. The summed E-state index contributed by atoms with van der Waals surface area (Å²) in [4.78, 5) is 49.6. The molecule has 17 heteroatoms. The first-order valence-corrected chi connectivity index (χ1v) is 25.2. The molecule has 360 valence electrons. The van der Waals surface area contributed by atoms with E-state index in [-0.39, 0.29) is 34.9 Å². The predicted molar refractivity (Wildman–Crippen MR) is 265 cm³/mol. The second kappa shape index (κ2) is 20.0. The summed E-state index contributed by atoms with van der Waals surface area (Å²) in [5, 5.41) is 29.4. The summed E-state index contributed by atoms with van der Waals surface area (Å²) in [6.07, 6.45) is 9.93. The first kappa shape index (κ1) is 47.3. The highest BCUT2D eigenvalue weighted by atomic mass is 32.2. The normalized spacial score (nSPS) is 19.9. The summed E-state index contributed by atoms with van der Waals surface area (Å²) in [6, 6.07) is 29.2. The zero-order chi connectivity index (χ0) is 48.3. The van der Waals surface area contributed by atoms with Crippen molar-refractivity contribution in [1.82, 2.24) is 24.9 Å². The lowest BCUT2D eigenvalue weighted by Crippen LogP contribution is -2.42. The molecular weight excluding hydrogens is 897 g/mol. The molecule has 9 rings (SSSR count). The maximum Gasteiger partial charge on any atom is 0.293 e. The van der Waals surface area contributed by atoms with Gasteiger partial charge in [-0.3, -0.25) is 19.7 Å². The van der Waals surface area contributed by atoms with E-state index in [0.29, 0.717) is 48.8 Å². The van der Waals surface area contributed by atoms with Crippen LogP contribution in [0.4, 0.5) is 17.1 Å². The van der Waals surface area contributed by atoms with Crippen LogP contribution in [0, 0.1) is 16.0 Å². The Bertz CT molecular complexity index is 2960. The lowest BCUT2D eigenvalue weighted by Gasteiger charge is -2.35. The highest BCUT2D eigenvalue weighted by Crippen LogP contribution is 2.42. The molecule has 16 nitrogen and oxygen atoms in total. The Morgan fingerprint density at radius 3 is 2.39 bits per heavy atom. The number of rotatable bonds is 15. The maximum atomic E-state index is 14.0. The number of carbonyl (C=O) groups excluding carboxylic acids is 2. The van der Waals surface area contributed by atoms with Crippen LogP contribution in [0.3, 0.4) is 0 Å². The standard InChI is InChI=1S/C52H58N8O8S/c1-52(63)22-17-34(18-23-52)31-55-45-16-14-41(30-47(45)60(64)65)69(66,67)57-51(62)44-15-11-37(29-48(44)68-40-28-38-19-24-54-50(38)56-32-40)35-9-12-39(13-10-35)59-25-5-8-46(59)43-7-4-3-6-42(43)36-20-26-58(27-21-36)49(61)33-53-2/h3-4,6-7,9-16,19,24,28-30,32,34,36,46,53,55,63H,5,8,17-18,20-23,25-27,31,33H2,1-2H3,(H,54,56)(H,57,62)/t34?,46-,52?/m1/s1. The number of sulfonamides is 1. The summed E-state index contributed by atoms with van der Waals surface area (Å²) in [6.45, 7) is 4.98. The smallest absolute Gasteiger partial charge is 0.293 e. The van der Waals surface area contributed by atoms with Crippen molar-refractivity contribution in [2.75, 3.05) is 50.0 Å². The number of likely N-dealkylation sites (tertiary alicyclic amines) is 1. The van der Waals surface area contributed by atoms with E-state index < -0.39 is 37.0 Å². The minimum absolute atomic E-state index is 0.0733. The molecule has 2 aromatic heterocycles. The van der Waals surface area contributed by atoms with Crippen LogP contribution in [0.1, 0.15) is 91.7 Å². The number of nitrogens with zero attached hydrogens (tertiary/aromatic N) is 4. The van der Waals surface area contributed by atoms with Crippen molar-refractivity contribution < 1.29 is 32.8 Å². The number of nitro groups is 1. The van der Waals surface area contributed by atoms with Crippen molar-refractivity contribution >= 4 is 49.9 Å². The van der Waals surface area contributed by atoms with Gasteiger partial charge in [-0.15, -0.1) is 0 Å². The molecule has 0 unspecified atom stereocenters. The minimum atomic E-state index is -4.61. The van der Waals surface area contributed by atoms with Crippen LogP contribution in [-0.4, -0.2) is 90.5 Å². The molecule has 1 saturated carbocycles. The average molecular weight is 955 g/mol. The Hall–Kier alpha value is -6.82. The van der Waals surface area contributed by atoms with Gasteiger partial charge >= 0.3 is 0 Å². The summed E-state index contributed by atoms with van der Waals surface area (Å²) < 4.78 is 36.0. The number of fused-ring (bicyclic) bond motifs is 1. The van der Waals surface area contributed by atoms with Crippen LogP contribution in [-0.2, 0) is 14.8 Å². The van der Waals surface area contributed by atoms with Crippen molar-refractivity contribution in [3.8, 4) is 22.6 Å². The van der Waals surface area contributed by atoms with E-state index in [0.717, 1.165) is 80.9 Å². The van der Waals surface area contributed by atoms with Gasteiger partial charge in [0.2, 0.25) is 5.91 Å². The topological polar surface area (TPSA) is 212 Å². The van der Waals surface area contributed by atoms with E-state index in [1.165, 1.54) is 35.5 Å². The van der Waals surface area contributed by atoms with Gasteiger partial charge in [0, 0.05) is 49.5 Å². The molecule has 2 aliphatic heterocycles. The third-order valence-corrected chi connectivity index (χ3v) is 15.4. The van der Waals surface area contributed by atoms with Gasteiger partial charge < -0.3 is 35.3 Å². The van der Waals surface area contributed by atoms with Gasteiger partial charge in [-0.25, -0.2) is 18.1 Å². The van der Waals surface area contributed by atoms with Crippen molar-refractivity contribution in [3.63, 3.8) is 0 Å². The van der Waals surface area contributed by atoms with E-state index in [2.05, 4.69) is 66.6 Å². The molecule has 6 aromatic rings. The Balaban J connectivity index is 0.942. The lowest BCUT2D eigenvalue weighted by atomic mass is 9.80. The minimum Gasteiger partial charge on any atom is -0.455 e. The number of aromatic amines is 1. The summed E-state index contributed by atoms with van der Waals surface area (Å²) >= 11 is 0. The Morgan fingerprint density at radius 2 is 1.65 bits per heavy atom. The highest BCUT2D eigenvalue weighted by Gasteiger charge is 2.33. The molecule has 0 radical (unpaired) electrons. The molecule has 2 saturated heterocycles. The third-order valence-electron chi connectivity index (χ3n) is 14.1. The molecule has 69 heavy (non-hydrogen) atoms. The molecule has 2 amide bonds.